The number of nitrogens with two attached hydrogens (primary N) is 1. The largest absolute Gasteiger partial charge is 0.457 e. The van der Waals surface area contributed by atoms with Crippen LogP contribution in [0.3, 0.4) is 0 Å². The molecule has 0 fully saturated rings. The molecule has 0 spiro atoms. The smallest absolute Gasteiger partial charge is 0.406 e. The van der Waals surface area contributed by atoms with E-state index in [4.69, 9.17) is 5.73 Å². The molecule has 0 bridgehead atoms. The molecule has 9 heteroatoms. The summed E-state index contributed by atoms with van der Waals surface area (Å²) in [6.07, 6.45) is 1.34. The fourth-order valence-electron chi connectivity index (χ4n) is 1.93. The van der Waals surface area contributed by atoms with Crippen molar-refractivity contribution in [2.24, 2.45) is 5.73 Å². The lowest BCUT2D eigenvalue weighted by Crippen LogP contribution is -2.25. The van der Waals surface area contributed by atoms with E-state index in [1.165, 1.54) is 25.3 Å². The Bertz CT molecular complexity index is 748. The number of alkyl carbamates (subject to hydrolysis) is 1. The number of halogens is 3. The molecular formula is C20H25Br2ClN2O4. The van der Waals surface area contributed by atoms with Crippen molar-refractivity contribution in [2.75, 3.05) is 27.3 Å². The zero-order valence-corrected chi connectivity index (χ0v) is 20.2. The minimum Gasteiger partial charge on any atom is -0.457 e. The molecule has 0 aliphatic heterocycles. The summed E-state index contributed by atoms with van der Waals surface area (Å²) in [5.74, 6) is 0. The van der Waals surface area contributed by atoms with Crippen LogP contribution in [0.5, 0.6) is 0 Å². The first-order valence-electron chi connectivity index (χ1n) is 8.57. The zero-order valence-electron chi connectivity index (χ0n) is 16.3. The number of amides is 1. The van der Waals surface area contributed by atoms with Crippen LogP contribution in [0, 0.1) is 0 Å². The van der Waals surface area contributed by atoms with E-state index in [1.54, 1.807) is 0 Å². The Morgan fingerprint density at radius 1 is 0.931 bits per heavy atom. The van der Waals surface area contributed by atoms with E-state index < -0.39 is 11.5 Å². The number of hydrogen-bond acceptors (Lipinski definition) is 5. The van der Waals surface area contributed by atoms with Crippen LogP contribution in [-0.4, -0.2) is 38.8 Å². The number of rotatable bonds is 5. The Kier molecular flexibility index (Phi) is 16.3. The molecule has 0 saturated carbocycles. The van der Waals surface area contributed by atoms with E-state index >= 15 is 0 Å². The van der Waals surface area contributed by atoms with Gasteiger partial charge in [0.25, 0.3) is 0 Å². The summed E-state index contributed by atoms with van der Waals surface area (Å²) in [6.45, 7) is 1.29. The molecule has 3 N–H and O–H groups in total. The summed E-state index contributed by atoms with van der Waals surface area (Å²) < 4.78 is 10.5. The molecule has 0 unspecified atom stereocenters. The number of methoxy groups -OCH3 is 2. The van der Waals surface area contributed by atoms with Gasteiger partial charge in [-0.1, -0.05) is 68.3 Å². The highest BCUT2D eigenvalue weighted by Crippen LogP contribution is 2.16. The van der Waals surface area contributed by atoms with Crippen molar-refractivity contribution in [2.45, 2.75) is 12.8 Å². The average molecular weight is 553 g/mol. The Balaban J connectivity index is 0.000000455. The molecule has 2 rings (SSSR count). The van der Waals surface area contributed by atoms with Crippen LogP contribution < -0.4 is 11.1 Å². The molecule has 1 amide bonds. The van der Waals surface area contributed by atoms with E-state index in [0.29, 0.717) is 13.1 Å². The highest BCUT2D eigenvalue weighted by Gasteiger charge is 2.00. The van der Waals surface area contributed by atoms with Gasteiger partial charge in [0.2, 0.25) is 0 Å². The third-order valence-corrected chi connectivity index (χ3v) is 5.04. The molecule has 160 valence electrons. The summed E-state index contributed by atoms with van der Waals surface area (Å²) >= 11 is 11.5. The van der Waals surface area contributed by atoms with Crippen LogP contribution in [0.25, 0.3) is 0 Å². The van der Waals surface area contributed by atoms with Crippen LogP contribution in [0.4, 0.5) is 9.59 Å². The van der Waals surface area contributed by atoms with Crippen LogP contribution in [0.15, 0.2) is 57.5 Å². The molecule has 6 nitrogen and oxygen atoms in total. The van der Waals surface area contributed by atoms with E-state index in [-0.39, 0.29) is 0 Å². The van der Waals surface area contributed by atoms with E-state index in [9.17, 15) is 9.59 Å². The Hall–Kier alpha value is -1.61. The van der Waals surface area contributed by atoms with E-state index in [2.05, 4.69) is 64.3 Å². The van der Waals surface area contributed by atoms with Gasteiger partial charge in [0, 0.05) is 27.1 Å². The first-order chi connectivity index (χ1) is 13.8. The summed E-state index contributed by atoms with van der Waals surface area (Å²) in [6, 6.07) is 16.1. The Labute approximate surface area is 193 Å². The van der Waals surface area contributed by atoms with Gasteiger partial charge in [-0.15, -0.1) is 0 Å². The SMILES string of the molecule is COC(=O)Cl.COC(=O)NCCc1ccccc1Br.NCCc1ccccc1Br. The van der Waals surface area contributed by atoms with Crippen molar-refractivity contribution in [1.82, 2.24) is 5.32 Å². The number of benzene rings is 2. The van der Waals surface area contributed by atoms with Gasteiger partial charge in [-0.2, -0.15) is 0 Å². The predicted molar refractivity (Wildman–Crippen MR) is 123 cm³/mol. The second-order valence-corrected chi connectivity index (χ2v) is 7.35. The van der Waals surface area contributed by atoms with Crippen LogP contribution in [0.1, 0.15) is 11.1 Å². The predicted octanol–water partition coefficient (Wildman–Crippen LogP) is 5.29. The van der Waals surface area contributed by atoms with Gasteiger partial charge in [-0.3, -0.25) is 0 Å². The van der Waals surface area contributed by atoms with Crippen molar-refractivity contribution in [1.29, 1.82) is 0 Å². The molecular weight excluding hydrogens is 527 g/mol. The number of hydrogen-bond donors (Lipinski definition) is 2. The zero-order chi connectivity index (χ0) is 22.1. The maximum absolute atomic E-state index is 10.7. The van der Waals surface area contributed by atoms with Gasteiger partial charge >= 0.3 is 11.5 Å². The molecule has 0 saturated heterocycles. The topological polar surface area (TPSA) is 90.6 Å². The highest BCUT2D eigenvalue weighted by molar-refractivity contribution is 9.10. The monoisotopic (exact) mass is 550 g/mol. The molecule has 2 aromatic carbocycles. The standard InChI is InChI=1S/C10H12BrNO2.C8H10BrN.C2H3ClO2/c1-14-10(13)12-7-6-8-4-2-3-5-9(8)11;9-8-4-2-1-3-7(8)5-6-10;1-5-2(3)4/h2-5H,6-7H2,1H3,(H,12,13);1-4H,5-6,10H2;1H3. The van der Waals surface area contributed by atoms with Gasteiger partial charge in [-0.05, 0) is 42.6 Å². The normalized spacial score (nSPS) is 9.17. The summed E-state index contributed by atoms with van der Waals surface area (Å²) in [4.78, 5) is 20.1. The Morgan fingerprint density at radius 2 is 1.38 bits per heavy atom. The molecule has 0 atom stereocenters. The van der Waals surface area contributed by atoms with Crippen LogP contribution in [0.2, 0.25) is 0 Å². The quantitative estimate of drug-likeness (QED) is 0.492. The van der Waals surface area contributed by atoms with Gasteiger partial charge in [0.1, 0.15) is 0 Å². The molecule has 0 radical (unpaired) electrons. The molecule has 0 aliphatic rings. The molecule has 0 aromatic heterocycles. The van der Waals surface area contributed by atoms with Crippen molar-refractivity contribution in [3.8, 4) is 0 Å². The molecule has 29 heavy (non-hydrogen) atoms. The summed E-state index contributed by atoms with van der Waals surface area (Å²) in [5.41, 5.74) is 7.09. The summed E-state index contributed by atoms with van der Waals surface area (Å²) in [5, 5.41) is 2.63. The maximum Gasteiger partial charge on any atom is 0.406 e. The van der Waals surface area contributed by atoms with Crippen molar-refractivity contribution < 1.29 is 19.1 Å². The van der Waals surface area contributed by atoms with Gasteiger partial charge in [0.05, 0.1) is 14.2 Å². The minimum absolute atomic E-state index is 0.392. The number of ether oxygens (including phenoxy) is 2. The van der Waals surface area contributed by atoms with Gasteiger partial charge < -0.3 is 20.5 Å². The lowest BCUT2D eigenvalue weighted by Gasteiger charge is -2.05. The van der Waals surface area contributed by atoms with E-state index in [1.807, 2.05) is 42.5 Å². The first kappa shape index (κ1) is 27.4. The first-order valence-corrected chi connectivity index (χ1v) is 10.5. The third-order valence-electron chi connectivity index (χ3n) is 3.34. The van der Waals surface area contributed by atoms with Crippen molar-refractivity contribution >= 4 is 55.0 Å². The third kappa shape index (κ3) is 14.1. The molecule has 0 heterocycles. The van der Waals surface area contributed by atoms with E-state index in [0.717, 1.165) is 21.8 Å². The van der Waals surface area contributed by atoms with Gasteiger partial charge in [-0.25, -0.2) is 9.59 Å². The number of nitrogens with one attached hydrogen (secondary N) is 1. The Morgan fingerprint density at radius 3 is 1.76 bits per heavy atom. The molecule has 0 aliphatic carbocycles. The van der Waals surface area contributed by atoms with Crippen LogP contribution >= 0.6 is 43.5 Å². The second kappa shape index (κ2) is 17.3. The van der Waals surface area contributed by atoms with Crippen molar-refractivity contribution in [3.05, 3.63) is 68.6 Å². The highest BCUT2D eigenvalue weighted by atomic mass is 79.9. The summed E-state index contributed by atoms with van der Waals surface area (Å²) in [7, 11) is 2.57. The van der Waals surface area contributed by atoms with Gasteiger partial charge in [0.15, 0.2) is 0 Å². The minimum atomic E-state index is -0.773. The fraction of sp³-hybridized carbons (Fsp3) is 0.300. The number of carbonyl (C=O) groups excluding carboxylic acids is 2. The van der Waals surface area contributed by atoms with Crippen LogP contribution in [-0.2, 0) is 22.3 Å². The van der Waals surface area contributed by atoms with Crippen molar-refractivity contribution in [3.63, 3.8) is 0 Å². The lowest BCUT2D eigenvalue weighted by molar-refractivity contribution is 0.171. The fourth-order valence-corrected chi connectivity index (χ4v) is 2.90. The average Bonchev–Trinajstić information content (AvgIpc) is 2.72. The maximum atomic E-state index is 10.7. The lowest BCUT2D eigenvalue weighted by atomic mass is 10.1. The number of carbonyl (C=O) groups is 2. The second-order valence-electron chi connectivity index (χ2n) is 5.33. The molecule has 2 aromatic rings.